The van der Waals surface area contributed by atoms with E-state index in [4.69, 9.17) is 9.84 Å². The second kappa shape index (κ2) is 6.10. The molecule has 21 heavy (non-hydrogen) atoms. The van der Waals surface area contributed by atoms with Gasteiger partial charge in [0, 0.05) is 0 Å². The molecule has 2 atom stereocenters. The number of benzene rings is 2. The van der Waals surface area contributed by atoms with E-state index in [0.29, 0.717) is 0 Å². The van der Waals surface area contributed by atoms with Crippen molar-refractivity contribution in [2.24, 2.45) is 5.92 Å². The van der Waals surface area contributed by atoms with Gasteiger partial charge in [0.15, 0.2) is 0 Å². The maximum Gasteiger partial charge on any atom is 0.315 e. The van der Waals surface area contributed by atoms with E-state index in [1.165, 1.54) is 16.7 Å². The summed E-state index contributed by atoms with van der Waals surface area (Å²) in [6.07, 6.45) is 1.47. The largest absolute Gasteiger partial charge is 0.461 e. The summed E-state index contributed by atoms with van der Waals surface area (Å²) in [5.74, 6) is -0.608. The number of cyclic esters (lactones) is 1. The summed E-state index contributed by atoms with van der Waals surface area (Å²) < 4.78 is 5.08. The number of aliphatic hydroxyl groups excluding tert-OH is 1. The van der Waals surface area contributed by atoms with Gasteiger partial charge in [0.25, 0.3) is 0 Å². The van der Waals surface area contributed by atoms with Crippen molar-refractivity contribution in [3.05, 3.63) is 60.2 Å². The minimum Gasteiger partial charge on any atom is -0.461 e. The number of aliphatic hydroxyl groups is 1. The molecule has 2 aromatic carbocycles. The summed E-state index contributed by atoms with van der Waals surface area (Å²) in [6, 6.07) is 18.7. The second-order valence-electron chi connectivity index (χ2n) is 5.37. The molecule has 0 unspecified atom stereocenters. The summed E-state index contributed by atoms with van der Waals surface area (Å²) in [4.78, 5) is 11.1. The first-order valence-corrected chi connectivity index (χ1v) is 7.23. The molecule has 2 aromatic rings. The zero-order chi connectivity index (χ0) is 14.7. The van der Waals surface area contributed by atoms with Crippen molar-refractivity contribution in [1.29, 1.82) is 0 Å². The lowest BCUT2D eigenvalue weighted by Gasteiger charge is -2.33. The number of esters is 1. The molecule has 1 N–H and O–H groups in total. The molecule has 3 heteroatoms. The summed E-state index contributed by atoms with van der Waals surface area (Å²) >= 11 is 0. The van der Waals surface area contributed by atoms with Crippen molar-refractivity contribution in [3.8, 4) is 11.1 Å². The van der Waals surface area contributed by atoms with Crippen LogP contribution >= 0.6 is 0 Å². The predicted molar refractivity (Wildman–Crippen MR) is 80.7 cm³/mol. The molecule has 0 bridgehead atoms. The number of carbonyl (C=O) groups is 1. The number of aryl methyl sites for hydroxylation is 1. The first kappa shape index (κ1) is 13.8. The van der Waals surface area contributed by atoms with Crippen LogP contribution in [0.3, 0.4) is 0 Å². The van der Waals surface area contributed by atoms with Crippen molar-refractivity contribution in [2.45, 2.75) is 18.9 Å². The number of rotatable bonds is 5. The van der Waals surface area contributed by atoms with E-state index in [-0.39, 0.29) is 24.6 Å². The molecule has 0 aliphatic carbocycles. The van der Waals surface area contributed by atoms with Crippen LogP contribution in [0.4, 0.5) is 0 Å². The Morgan fingerprint density at radius 3 is 2.48 bits per heavy atom. The normalized spacial score (nSPS) is 20.7. The van der Waals surface area contributed by atoms with Gasteiger partial charge in [-0.25, -0.2) is 0 Å². The first-order valence-electron chi connectivity index (χ1n) is 7.23. The van der Waals surface area contributed by atoms with Gasteiger partial charge in [0.05, 0.1) is 6.61 Å². The molecule has 1 aliphatic rings. The quantitative estimate of drug-likeness (QED) is 0.858. The zero-order valence-corrected chi connectivity index (χ0v) is 11.7. The lowest BCUT2D eigenvalue weighted by molar-refractivity contribution is -0.188. The molecule has 0 amide bonds. The van der Waals surface area contributed by atoms with Crippen molar-refractivity contribution < 1.29 is 14.6 Å². The predicted octanol–water partition coefficient (Wildman–Crippen LogP) is 2.82. The Kier molecular flexibility index (Phi) is 4.02. The maximum atomic E-state index is 11.1. The second-order valence-corrected chi connectivity index (χ2v) is 5.37. The van der Waals surface area contributed by atoms with Gasteiger partial charge in [-0.15, -0.1) is 0 Å². The van der Waals surface area contributed by atoms with Crippen LogP contribution in [0, 0.1) is 5.92 Å². The fraction of sp³-hybridized carbons (Fsp3) is 0.278. The standard InChI is InChI=1S/C18H18O3/c19-12-16-17(21-18(16)20)10-9-13-5-4-8-15(11-13)14-6-2-1-3-7-14/h1-8,11,16-17,19H,9-10,12H2/t16-,17-/m1/s1. The van der Waals surface area contributed by atoms with Crippen LogP contribution in [0.2, 0.25) is 0 Å². The van der Waals surface area contributed by atoms with Crippen LogP contribution < -0.4 is 0 Å². The van der Waals surface area contributed by atoms with Gasteiger partial charge in [-0.2, -0.15) is 0 Å². The fourth-order valence-corrected chi connectivity index (χ4v) is 2.70. The van der Waals surface area contributed by atoms with Crippen molar-refractivity contribution in [3.63, 3.8) is 0 Å². The molecule has 108 valence electrons. The van der Waals surface area contributed by atoms with Crippen LogP contribution in [-0.4, -0.2) is 23.8 Å². The van der Waals surface area contributed by atoms with E-state index in [2.05, 4.69) is 30.3 Å². The number of ether oxygens (including phenoxy) is 1. The van der Waals surface area contributed by atoms with E-state index in [1.54, 1.807) is 0 Å². The SMILES string of the molecule is O=C1O[C@H](CCc2cccc(-c3ccccc3)c2)[C@H]1CO. The Morgan fingerprint density at radius 1 is 1.00 bits per heavy atom. The highest BCUT2D eigenvalue weighted by atomic mass is 16.6. The van der Waals surface area contributed by atoms with E-state index in [9.17, 15) is 4.79 Å². The third-order valence-corrected chi connectivity index (χ3v) is 3.97. The Hall–Kier alpha value is -2.13. The smallest absolute Gasteiger partial charge is 0.315 e. The molecule has 3 rings (SSSR count). The van der Waals surface area contributed by atoms with Gasteiger partial charge in [-0.1, -0.05) is 54.6 Å². The van der Waals surface area contributed by atoms with E-state index >= 15 is 0 Å². The van der Waals surface area contributed by atoms with Crippen molar-refractivity contribution in [2.75, 3.05) is 6.61 Å². The van der Waals surface area contributed by atoms with Crippen LogP contribution in [-0.2, 0) is 16.0 Å². The molecule has 0 aromatic heterocycles. The third kappa shape index (κ3) is 2.98. The average molecular weight is 282 g/mol. The summed E-state index contributed by atoms with van der Waals surface area (Å²) in [7, 11) is 0. The van der Waals surface area contributed by atoms with Crippen molar-refractivity contribution >= 4 is 5.97 Å². The monoisotopic (exact) mass is 282 g/mol. The topological polar surface area (TPSA) is 46.5 Å². The van der Waals surface area contributed by atoms with Crippen LogP contribution in [0.5, 0.6) is 0 Å². The number of hydrogen-bond donors (Lipinski definition) is 1. The lowest BCUT2D eigenvalue weighted by atomic mass is 9.91. The minimum absolute atomic E-state index is 0.118. The minimum atomic E-state index is -0.331. The molecule has 1 heterocycles. The number of carbonyl (C=O) groups excluding carboxylic acids is 1. The zero-order valence-electron chi connectivity index (χ0n) is 11.7. The van der Waals surface area contributed by atoms with Crippen molar-refractivity contribution in [1.82, 2.24) is 0 Å². The Morgan fingerprint density at radius 2 is 1.76 bits per heavy atom. The van der Waals surface area contributed by atoms with Gasteiger partial charge in [-0.3, -0.25) is 4.79 Å². The Labute approximate surface area is 124 Å². The Bertz CT molecular complexity index is 621. The highest BCUT2D eigenvalue weighted by Crippen LogP contribution is 2.27. The molecule has 1 fully saturated rings. The van der Waals surface area contributed by atoms with E-state index in [0.717, 1.165) is 12.8 Å². The first-order chi connectivity index (χ1) is 10.3. The molecule has 1 saturated heterocycles. The van der Waals surface area contributed by atoms with Gasteiger partial charge < -0.3 is 9.84 Å². The molecule has 0 radical (unpaired) electrons. The van der Waals surface area contributed by atoms with Gasteiger partial charge in [0.2, 0.25) is 0 Å². The molecule has 1 aliphatic heterocycles. The van der Waals surface area contributed by atoms with Crippen LogP contribution in [0.25, 0.3) is 11.1 Å². The van der Waals surface area contributed by atoms with Gasteiger partial charge >= 0.3 is 5.97 Å². The molecular formula is C18H18O3. The third-order valence-electron chi connectivity index (χ3n) is 3.97. The average Bonchev–Trinajstić information content (AvgIpc) is 2.53. The Balaban J connectivity index is 1.66. The van der Waals surface area contributed by atoms with Gasteiger partial charge in [-0.05, 0) is 29.5 Å². The van der Waals surface area contributed by atoms with Crippen LogP contribution in [0.1, 0.15) is 12.0 Å². The fourth-order valence-electron chi connectivity index (χ4n) is 2.70. The molecule has 3 nitrogen and oxygen atoms in total. The van der Waals surface area contributed by atoms with E-state index < -0.39 is 0 Å². The van der Waals surface area contributed by atoms with Gasteiger partial charge in [0.1, 0.15) is 12.0 Å². The van der Waals surface area contributed by atoms with E-state index in [1.807, 2.05) is 24.3 Å². The molecule has 0 saturated carbocycles. The summed E-state index contributed by atoms with van der Waals surface area (Å²) in [5, 5.41) is 9.12. The summed E-state index contributed by atoms with van der Waals surface area (Å²) in [5.41, 5.74) is 3.61. The lowest BCUT2D eigenvalue weighted by Crippen LogP contribution is -2.47. The summed E-state index contributed by atoms with van der Waals surface area (Å²) in [6.45, 7) is -0.118. The highest BCUT2D eigenvalue weighted by molar-refractivity contribution is 5.78. The van der Waals surface area contributed by atoms with Crippen LogP contribution in [0.15, 0.2) is 54.6 Å². The highest BCUT2D eigenvalue weighted by Gasteiger charge is 2.41. The molecule has 0 spiro atoms. The molecular weight excluding hydrogens is 264 g/mol. The maximum absolute atomic E-state index is 11.1. The number of hydrogen-bond acceptors (Lipinski definition) is 3.